The van der Waals surface area contributed by atoms with Gasteiger partial charge < -0.3 is 10.6 Å². The third-order valence-electron chi connectivity index (χ3n) is 3.93. The lowest BCUT2D eigenvalue weighted by Gasteiger charge is -2.29. The van der Waals surface area contributed by atoms with E-state index in [1.807, 2.05) is 14.0 Å². The number of hydrogen-bond acceptors (Lipinski definition) is 4. The molecule has 2 rings (SSSR count). The van der Waals surface area contributed by atoms with E-state index in [0.29, 0.717) is 18.3 Å². The van der Waals surface area contributed by atoms with Gasteiger partial charge >= 0.3 is 0 Å². The Kier molecular flexibility index (Phi) is 4.52. The summed E-state index contributed by atoms with van der Waals surface area (Å²) in [6, 6.07) is 0. The highest BCUT2D eigenvalue weighted by Crippen LogP contribution is 2.29. The minimum atomic E-state index is 0.146. The number of carbonyl (C=O) groups is 1. The smallest absolute Gasteiger partial charge is 0.225 e. The average molecular weight is 265 g/mol. The number of H-pyrrole nitrogens is 1. The number of hydrogen-bond donors (Lipinski definition) is 2. The van der Waals surface area contributed by atoms with Gasteiger partial charge in [-0.25, -0.2) is 4.98 Å². The van der Waals surface area contributed by atoms with E-state index in [2.05, 4.69) is 15.2 Å². The quantitative estimate of drug-likeness (QED) is 0.844. The second kappa shape index (κ2) is 6.14. The molecule has 6 nitrogen and oxygen atoms in total. The van der Waals surface area contributed by atoms with Crippen LogP contribution in [-0.4, -0.2) is 39.6 Å². The van der Waals surface area contributed by atoms with Crippen LogP contribution in [0.3, 0.4) is 0 Å². The van der Waals surface area contributed by atoms with E-state index in [0.717, 1.165) is 38.1 Å². The van der Waals surface area contributed by atoms with Gasteiger partial charge in [-0.15, -0.1) is 0 Å². The molecule has 1 heterocycles. The summed E-state index contributed by atoms with van der Waals surface area (Å²) in [4.78, 5) is 18.3. The fourth-order valence-corrected chi connectivity index (χ4v) is 2.71. The van der Waals surface area contributed by atoms with Gasteiger partial charge in [-0.05, 0) is 45.1 Å². The van der Waals surface area contributed by atoms with Gasteiger partial charge in [-0.1, -0.05) is 0 Å². The number of nitrogens with two attached hydrogens (primary N) is 1. The van der Waals surface area contributed by atoms with Gasteiger partial charge in [0.05, 0.1) is 6.54 Å². The zero-order chi connectivity index (χ0) is 13.8. The molecule has 0 radical (unpaired) electrons. The van der Waals surface area contributed by atoms with Crippen molar-refractivity contribution in [2.45, 2.75) is 39.2 Å². The van der Waals surface area contributed by atoms with E-state index in [1.165, 1.54) is 0 Å². The molecule has 0 unspecified atom stereocenters. The average Bonchev–Trinajstić information content (AvgIpc) is 2.83. The Morgan fingerprint density at radius 1 is 1.42 bits per heavy atom. The molecule has 1 aliphatic rings. The van der Waals surface area contributed by atoms with Gasteiger partial charge in [0.1, 0.15) is 5.82 Å². The van der Waals surface area contributed by atoms with Crippen LogP contribution in [-0.2, 0) is 11.3 Å². The lowest BCUT2D eigenvalue weighted by molar-refractivity contribution is -0.136. The molecule has 3 N–H and O–H groups in total. The Balaban J connectivity index is 1.85. The number of amides is 1. The predicted molar refractivity (Wildman–Crippen MR) is 72.1 cm³/mol. The molecule has 19 heavy (non-hydrogen) atoms. The number of nitrogens with zero attached hydrogens (tertiary/aromatic N) is 3. The molecule has 6 heteroatoms. The van der Waals surface area contributed by atoms with E-state index in [4.69, 9.17) is 5.73 Å². The number of aromatic nitrogens is 3. The van der Waals surface area contributed by atoms with Crippen molar-refractivity contribution in [2.24, 2.45) is 17.6 Å². The molecule has 1 amide bonds. The molecule has 0 spiro atoms. The number of aromatic amines is 1. The highest BCUT2D eigenvalue weighted by atomic mass is 16.2. The van der Waals surface area contributed by atoms with Gasteiger partial charge in [0.25, 0.3) is 0 Å². The lowest BCUT2D eigenvalue weighted by atomic mass is 9.81. The Morgan fingerprint density at radius 2 is 2.11 bits per heavy atom. The highest BCUT2D eigenvalue weighted by Gasteiger charge is 2.28. The Labute approximate surface area is 113 Å². The Hall–Kier alpha value is -1.43. The van der Waals surface area contributed by atoms with E-state index in [9.17, 15) is 4.79 Å². The van der Waals surface area contributed by atoms with Gasteiger partial charge in [-0.2, -0.15) is 5.10 Å². The van der Waals surface area contributed by atoms with E-state index < -0.39 is 0 Å². The lowest BCUT2D eigenvalue weighted by Crippen LogP contribution is -2.35. The predicted octanol–water partition coefficient (Wildman–Crippen LogP) is 0.837. The number of rotatable bonds is 4. The maximum absolute atomic E-state index is 12.3. The SMILES string of the molecule is Cc1nc(CN(C)C(=O)C2CCC(CN)CC2)n[nH]1. The van der Waals surface area contributed by atoms with Crippen LogP contribution in [0.5, 0.6) is 0 Å². The van der Waals surface area contributed by atoms with Crippen LogP contribution in [0.15, 0.2) is 0 Å². The van der Waals surface area contributed by atoms with Crippen molar-refractivity contribution in [2.75, 3.05) is 13.6 Å². The number of aryl methyl sites for hydroxylation is 1. The first kappa shape index (κ1) is 14.0. The van der Waals surface area contributed by atoms with Crippen molar-refractivity contribution >= 4 is 5.91 Å². The van der Waals surface area contributed by atoms with Gasteiger partial charge in [0, 0.05) is 13.0 Å². The molecule has 1 aromatic rings. The van der Waals surface area contributed by atoms with E-state index in [-0.39, 0.29) is 11.8 Å². The van der Waals surface area contributed by atoms with Crippen molar-refractivity contribution in [3.8, 4) is 0 Å². The minimum Gasteiger partial charge on any atom is -0.338 e. The standard InChI is InChI=1S/C13H23N5O/c1-9-15-12(17-16-9)8-18(2)13(19)11-5-3-10(7-14)4-6-11/h10-11H,3-8,14H2,1-2H3,(H,15,16,17). The summed E-state index contributed by atoms with van der Waals surface area (Å²) in [5.74, 6) is 2.40. The molecule has 0 aromatic carbocycles. The summed E-state index contributed by atoms with van der Waals surface area (Å²) in [6.07, 6.45) is 4.05. The summed E-state index contributed by atoms with van der Waals surface area (Å²) >= 11 is 0. The fourth-order valence-electron chi connectivity index (χ4n) is 2.71. The van der Waals surface area contributed by atoms with Crippen molar-refractivity contribution in [3.63, 3.8) is 0 Å². The first-order chi connectivity index (χ1) is 9.10. The van der Waals surface area contributed by atoms with Crippen LogP contribution in [0.1, 0.15) is 37.3 Å². The minimum absolute atomic E-state index is 0.146. The summed E-state index contributed by atoms with van der Waals surface area (Å²) in [5, 5.41) is 6.85. The maximum Gasteiger partial charge on any atom is 0.225 e. The third-order valence-corrected chi connectivity index (χ3v) is 3.93. The molecular weight excluding hydrogens is 242 g/mol. The van der Waals surface area contributed by atoms with Crippen LogP contribution >= 0.6 is 0 Å². The third kappa shape index (κ3) is 3.53. The molecular formula is C13H23N5O. The second-order valence-electron chi connectivity index (χ2n) is 5.48. The van der Waals surface area contributed by atoms with Crippen LogP contribution in [0, 0.1) is 18.8 Å². The van der Waals surface area contributed by atoms with Crippen molar-refractivity contribution in [1.82, 2.24) is 20.1 Å². The van der Waals surface area contributed by atoms with Crippen molar-refractivity contribution in [1.29, 1.82) is 0 Å². The van der Waals surface area contributed by atoms with Crippen LogP contribution in [0.4, 0.5) is 0 Å². The molecule has 0 saturated heterocycles. The number of carbonyl (C=O) groups excluding carboxylic acids is 1. The molecule has 1 aliphatic carbocycles. The van der Waals surface area contributed by atoms with Crippen LogP contribution in [0.25, 0.3) is 0 Å². The van der Waals surface area contributed by atoms with Crippen LogP contribution in [0.2, 0.25) is 0 Å². The van der Waals surface area contributed by atoms with E-state index in [1.54, 1.807) is 4.90 Å². The fraction of sp³-hybridized carbons (Fsp3) is 0.769. The van der Waals surface area contributed by atoms with Crippen molar-refractivity contribution in [3.05, 3.63) is 11.6 Å². The monoisotopic (exact) mass is 265 g/mol. The normalized spacial score (nSPS) is 23.3. The molecule has 0 bridgehead atoms. The largest absolute Gasteiger partial charge is 0.338 e. The Morgan fingerprint density at radius 3 is 2.63 bits per heavy atom. The molecule has 1 aromatic heterocycles. The second-order valence-corrected chi connectivity index (χ2v) is 5.48. The molecule has 1 fully saturated rings. The zero-order valence-electron chi connectivity index (χ0n) is 11.7. The van der Waals surface area contributed by atoms with Gasteiger partial charge in [-0.3, -0.25) is 9.89 Å². The van der Waals surface area contributed by atoms with Crippen molar-refractivity contribution < 1.29 is 4.79 Å². The Bertz CT molecular complexity index is 422. The summed E-state index contributed by atoms with van der Waals surface area (Å²) in [5.41, 5.74) is 5.67. The first-order valence-corrected chi connectivity index (χ1v) is 6.93. The summed E-state index contributed by atoms with van der Waals surface area (Å²) < 4.78 is 0. The summed E-state index contributed by atoms with van der Waals surface area (Å²) in [6.45, 7) is 3.07. The van der Waals surface area contributed by atoms with Gasteiger partial charge in [0.15, 0.2) is 5.82 Å². The maximum atomic E-state index is 12.3. The molecule has 0 atom stereocenters. The molecule has 0 aliphatic heterocycles. The van der Waals surface area contributed by atoms with Gasteiger partial charge in [0.2, 0.25) is 5.91 Å². The first-order valence-electron chi connectivity index (χ1n) is 6.93. The summed E-state index contributed by atoms with van der Waals surface area (Å²) in [7, 11) is 1.82. The molecule has 106 valence electrons. The number of nitrogens with one attached hydrogen (secondary N) is 1. The topological polar surface area (TPSA) is 87.9 Å². The van der Waals surface area contributed by atoms with E-state index >= 15 is 0 Å². The van der Waals surface area contributed by atoms with Crippen LogP contribution < -0.4 is 5.73 Å². The zero-order valence-corrected chi connectivity index (χ0v) is 11.7. The molecule has 1 saturated carbocycles. The highest BCUT2D eigenvalue weighted by molar-refractivity contribution is 5.78.